The highest BCUT2D eigenvalue weighted by Crippen LogP contribution is 2.14. The molecule has 2 amide bonds. The fraction of sp³-hybridized carbons (Fsp3) is 0.500. The van der Waals surface area contributed by atoms with Gasteiger partial charge in [-0.15, -0.1) is 0 Å². The van der Waals surface area contributed by atoms with Gasteiger partial charge in [0.15, 0.2) is 0 Å². The van der Waals surface area contributed by atoms with Crippen LogP contribution >= 0.6 is 0 Å². The zero-order valence-corrected chi connectivity index (χ0v) is 11.8. The van der Waals surface area contributed by atoms with Crippen LogP contribution in [0, 0.1) is 0 Å². The van der Waals surface area contributed by atoms with Crippen LogP contribution in [0.3, 0.4) is 0 Å². The number of urea groups is 1. The van der Waals surface area contributed by atoms with Crippen LogP contribution in [0.5, 0.6) is 5.75 Å². The Bertz CT molecular complexity index is 411. The normalized spacial score (nSPS) is 10.9. The lowest BCUT2D eigenvalue weighted by Gasteiger charge is -2.25. The molecule has 0 spiro atoms. The molecule has 0 aliphatic heterocycles. The predicted octanol–water partition coefficient (Wildman–Crippen LogP) is 2.64. The number of ether oxygens (including phenoxy) is 1. The van der Waals surface area contributed by atoms with E-state index in [1.807, 2.05) is 45.0 Å². The van der Waals surface area contributed by atoms with Crippen LogP contribution in [-0.4, -0.2) is 30.6 Å². The van der Waals surface area contributed by atoms with Gasteiger partial charge in [-0.05, 0) is 38.5 Å². The summed E-state index contributed by atoms with van der Waals surface area (Å²) in [5, 5.41) is 2.92. The van der Waals surface area contributed by atoms with Crippen molar-refractivity contribution in [3.8, 4) is 5.75 Å². The van der Waals surface area contributed by atoms with Gasteiger partial charge in [-0.1, -0.05) is 12.1 Å². The molecule has 18 heavy (non-hydrogen) atoms. The van der Waals surface area contributed by atoms with E-state index in [0.29, 0.717) is 6.54 Å². The van der Waals surface area contributed by atoms with Gasteiger partial charge in [0.25, 0.3) is 0 Å². The van der Waals surface area contributed by atoms with Crippen LogP contribution in [0.2, 0.25) is 0 Å². The van der Waals surface area contributed by atoms with Gasteiger partial charge in [0.1, 0.15) is 5.75 Å². The summed E-state index contributed by atoms with van der Waals surface area (Å²) in [4.78, 5) is 13.6. The minimum atomic E-state index is -0.222. The number of nitrogens with one attached hydrogen (secondary N) is 1. The number of carbonyl (C=O) groups excluding carboxylic acids is 1. The van der Waals surface area contributed by atoms with E-state index in [-0.39, 0.29) is 11.6 Å². The molecular formula is C14H22N2O2. The lowest BCUT2D eigenvalue weighted by atomic mass is 10.1. The van der Waals surface area contributed by atoms with Gasteiger partial charge < -0.3 is 15.0 Å². The first-order valence-corrected chi connectivity index (χ1v) is 5.98. The second-order valence-corrected chi connectivity index (χ2v) is 5.39. The first-order valence-electron chi connectivity index (χ1n) is 5.98. The van der Waals surface area contributed by atoms with Gasteiger partial charge in [-0.2, -0.15) is 0 Å². The lowest BCUT2D eigenvalue weighted by molar-refractivity contribution is 0.197. The molecule has 0 atom stereocenters. The summed E-state index contributed by atoms with van der Waals surface area (Å²) in [5.41, 5.74) is 0.820. The van der Waals surface area contributed by atoms with E-state index in [1.165, 1.54) is 0 Å². The number of nitrogens with zero attached hydrogens (tertiary/aromatic N) is 1. The zero-order chi connectivity index (χ0) is 13.8. The number of benzene rings is 1. The molecule has 0 aromatic heterocycles. The Labute approximate surface area is 109 Å². The smallest absolute Gasteiger partial charge is 0.317 e. The van der Waals surface area contributed by atoms with Gasteiger partial charge in [0.2, 0.25) is 0 Å². The van der Waals surface area contributed by atoms with Gasteiger partial charge in [-0.3, -0.25) is 0 Å². The quantitative estimate of drug-likeness (QED) is 0.896. The second-order valence-electron chi connectivity index (χ2n) is 5.39. The highest BCUT2D eigenvalue weighted by atomic mass is 16.5. The first-order chi connectivity index (χ1) is 8.31. The maximum Gasteiger partial charge on any atom is 0.317 e. The summed E-state index contributed by atoms with van der Waals surface area (Å²) in [5.74, 6) is 0.803. The van der Waals surface area contributed by atoms with E-state index in [0.717, 1.165) is 11.3 Å². The molecule has 0 aliphatic rings. The molecular weight excluding hydrogens is 228 g/mol. The Morgan fingerprint density at radius 2 is 2.06 bits per heavy atom. The Hall–Kier alpha value is -1.71. The van der Waals surface area contributed by atoms with Crippen LogP contribution in [0.4, 0.5) is 4.79 Å². The standard InChI is InChI=1S/C14H22N2O2/c1-14(2,3)15-13(17)16(4)10-11-7-6-8-12(9-11)18-5/h6-9H,10H2,1-5H3,(H,15,17). The Morgan fingerprint density at radius 3 is 2.61 bits per heavy atom. The van der Waals surface area contributed by atoms with E-state index in [9.17, 15) is 4.79 Å². The van der Waals surface area contributed by atoms with E-state index in [2.05, 4.69) is 5.32 Å². The minimum absolute atomic E-state index is 0.0784. The molecule has 0 saturated heterocycles. The highest BCUT2D eigenvalue weighted by Gasteiger charge is 2.16. The summed E-state index contributed by atoms with van der Waals surface area (Å²) in [6.07, 6.45) is 0. The topological polar surface area (TPSA) is 41.6 Å². The third-order valence-corrected chi connectivity index (χ3v) is 2.38. The summed E-state index contributed by atoms with van der Waals surface area (Å²) in [6.45, 7) is 6.44. The molecule has 0 aliphatic carbocycles. The summed E-state index contributed by atoms with van der Waals surface area (Å²) in [6, 6.07) is 7.64. The van der Waals surface area contributed by atoms with Crippen LogP contribution in [0.1, 0.15) is 26.3 Å². The average molecular weight is 250 g/mol. The maximum absolute atomic E-state index is 11.9. The van der Waals surface area contributed by atoms with Crippen molar-refractivity contribution in [2.45, 2.75) is 32.9 Å². The van der Waals surface area contributed by atoms with E-state index in [1.54, 1.807) is 19.1 Å². The van der Waals surface area contributed by atoms with Crippen molar-refractivity contribution < 1.29 is 9.53 Å². The van der Waals surface area contributed by atoms with Crippen molar-refractivity contribution in [2.75, 3.05) is 14.2 Å². The van der Waals surface area contributed by atoms with Crippen molar-refractivity contribution in [3.63, 3.8) is 0 Å². The van der Waals surface area contributed by atoms with Crippen molar-refractivity contribution in [2.24, 2.45) is 0 Å². The Balaban J connectivity index is 2.63. The molecule has 0 saturated carbocycles. The molecule has 100 valence electrons. The van der Waals surface area contributed by atoms with E-state index in [4.69, 9.17) is 4.74 Å². The van der Waals surface area contributed by atoms with Gasteiger partial charge in [0, 0.05) is 19.1 Å². The van der Waals surface area contributed by atoms with E-state index >= 15 is 0 Å². The molecule has 0 heterocycles. The second kappa shape index (κ2) is 5.76. The summed E-state index contributed by atoms with van der Waals surface area (Å²) in [7, 11) is 3.41. The zero-order valence-electron chi connectivity index (χ0n) is 11.8. The molecule has 1 rings (SSSR count). The molecule has 0 fully saturated rings. The third kappa shape index (κ3) is 4.65. The summed E-state index contributed by atoms with van der Waals surface area (Å²) < 4.78 is 5.16. The first kappa shape index (κ1) is 14.4. The van der Waals surface area contributed by atoms with Gasteiger partial charge >= 0.3 is 6.03 Å². The summed E-state index contributed by atoms with van der Waals surface area (Å²) >= 11 is 0. The van der Waals surface area contributed by atoms with Crippen LogP contribution in [0.25, 0.3) is 0 Å². The molecule has 0 bridgehead atoms. The van der Waals surface area contributed by atoms with Gasteiger partial charge in [0.05, 0.1) is 7.11 Å². The van der Waals surface area contributed by atoms with Crippen molar-refractivity contribution in [1.29, 1.82) is 0 Å². The Kier molecular flexibility index (Phi) is 4.59. The Morgan fingerprint density at radius 1 is 1.39 bits per heavy atom. The van der Waals surface area contributed by atoms with Crippen molar-refractivity contribution in [3.05, 3.63) is 29.8 Å². The molecule has 0 radical (unpaired) electrons. The fourth-order valence-electron chi connectivity index (χ4n) is 1.53. The van der Waals surface area contributed by atoms with Crippen molar-refractivity contribution >= 4 is 6.03 Å². The number of hydrogen-bond acceptors (Lipinski definition) is 2. The van der Waals surface area contributed by atoms with Gasteiger partial charge in [-0.25, -0.2) is 4.79 Å². The monoisotopic (exact) mass is 250 g/mol. The van der Waals surface area contributed by atoms with Crippen LogP contribution in [0.15, 0.2) is 24.3 Å². The highest BCUT2D eigenvalue weighted by molar-refractivity contribution is 5.74. The third-order valence-electron chi connectivity index (χ3n) is 2.38. The number of rotatable bonds is 3. The fourth-order valence-corrected chi connectivity index (χ4v) is 1.53. The lowest BCUT2D eigenvalue weighted by Crippen LogP contribution is -2.46. The molecule has 1 N–H and O–H groups in total. The molecule has 0 unspecified atom stereocenters. The van der Waals surface area contributed by atoms with Crippen molar-refractivity contribution in [1.82, 2.24) is 10.2 Å². The number of hydrogen-bond donors (Lipinski definition) is 1. The van der Waals surface area contributed by atoms with E-state index < -0.39 is 0 Å². The van der Waals surface area contributed by atoms with Crippen LogP contribution < -0.4 is 10.1 Å². The largest absolute Gasteiger partial charge is 0.497 e. The van der Waals surface area contributed by atoms with Crippen LogP contribution in [-0.2, 0) is 6.54 Å². The molecule has 4 heteroatoms. The number of methoxy groups -OCH3 is 1. The average Bonchev–Trinajstić information content (AvgIpc) is 2.27. The SMILES string of the molecule is COc1cccc(CN(C)C(=O)NC(C)(C)C)c1. The molecule has 1 aromatic rings. The molecule has 1 aromatic carbocycles. The maximum atomic E-state index is 11.9. The predicted molar refractivity (Wildman–Crippen MR) is 72.7 cm³/mol. The number of amides is 2. The minimum Gasteiger partial charge on any atom is -0.497 e. The molecule has 4 nitrogen and oxygen atoms in total. The number of carbonyl (C=O) groups is 1.